The summed E-state index contributed by atoms with van der Waals surface area (Å²) in [4.78, 5) is 11.1. The summed E-state index contributed by atoms with van der Waals surface area (Å²) in [5, 5.41) is 1.22. The Morgan fingerprint density at radius 1 is 1.31 bits per heavy atom. The minimum Gasteiger partial charge on any atom is -0.345 e. The predicted molar refractivity (Wildman–Crippen MR) is 66.7 cm³/mol. The Kier molecular flexibility index (Phi) is 2.82. The lowest BCUT2D eigenvalue weighted by Crippen LogP contribution is -1.99. The van der Waals surface area contributed by atoms with Gasteiger partial charge in [0.15, 0.2) is 0 Å². The van der Waals surface area contributed by atoms with Crippen LogP contribution in [0.5, 0.6) is 0 Å². The summed E-state index contributed by atoms with van der Waals surface area (Å²) in [7, 11) is 0. The van der Waals surface area contributed by atoms with Gasteiger partial charge in [-0.25, -0.2) is 0 Å². The molecular weight excluding hydrogens is 198 g/mol. The fourth-order valence-corrected chi connectivity index (χ4v) is 2.06. The van der Waals surface area contributed by atoms with E-state index >= 15 is 0 Å². The summed E-state index contributed by atoms with van der Waals surface area (Å²) in [6.07, 6.45) is 2.63. The predicted octanol–water partition coefficient (Wildman–Crippen LogP) is 3.35. The van der Waals surface area contributed by atoms with Crippen molar-refractivity contribution in [2.45, 2.75) is 33.2 Å². The number of benzene rings is 1. The molecule has 2 nitrogen and oxygen atoms in total. The van der Waals surface area contributed by atoms with Gasteiger partial charge >= 0.3 is 0 Å². The van der Waals surface area contributed by atoms with Gasteiger partial charge in [-0.05, 0) is 49.9 Å². The third-order valence-corrected chi connectivity index (χ3v) is 2.79. The molecule has 16 heavy (non-hydrogen) atoms. The lowest BCUT2D eigenvalue weighted by Gasteiger charge is -2.09. The zero-order chi connectivity index (χ0) is 11.7. The first-order chi connectivity index (χ1) is 7.58. The van der Waals surface area contributed by atoms with Gasteiger partial charge in [0, 0.05) is 24.2 Å². The van der Waals surface area contributed by atoms with Crippen LogP contribution in [0, 0.1) is 0 Å². The van der Waals surface area contributed by atoms with Crippen LogP contribution >= 0.6 is 0 Å². The molecule has 84 valence electrons. The number of carbonyl (C=O) groups is 1. The molecule has 0 unspecified atom stereocenters. The molecule has 0 bridgehead atoms. The molecule has 0 spiro atoms. The second-order valence-corrected chi connectivity index (χ2v) is 4.59. The largest absolute Gasteiger partial charge is 0.345 e. The van der Waals surface area contributed by atoms with E-state index in [0.29, 0.717) is 12.5 Å². The number of carbonyl (C=O) groups excluding carboxylic acids is 1. The molecule has 2 rings (SSSR count). The smallest absolute Gasteiger partial charge is 0.134 e. The number of aromatic nitrogens is 1. The molecule has 2 heteroatoms. The van der Waals surface area contributed by atoms with Gasteiger partial charge in [-0.2, -0.15) is 0 Å². The normalized spacial score (nSPS) is 11.2. The van der Waals surface area contributed by atoms with Crippen LogP contribution in [0.15, 0.2) is 30.5 Å². The van der Waals surface area contributed by atoms with E-state index in [2.05, 4.69) is 42.8 Å². The van der Waals surface area contributed by atoms with Crippen molar-refractivity contribution in [3.05, 3.63) is 36.0 Å². The quantitative estimate of drug-likeness (QED) is 0.769. The highest BCUT2D eigenvalue weighted by molar-refractivity contribution is 5.84. The van der Waals surface area contributed by atoms with E-state index in [4.69, 9.17) is 0 Å². The highest BCUT2D eigenvalue weighted by Gasteiger charge is 2.05. The van der Waals surface area contributed by atoms with E-state index in [1.807, 2.05) is 6.07 Å². The van der Waals surface area contributed by atoms with Crippen molar-refractivity contribution in [1.82, 2.24) is 4.57 Å². The number of Topliss-reactive ketones (excluding diaryl/α,β-unsaturated/α-hetero) is 1. The SMILES string of the molecule is CC(=O)Cc1ccc2c(ccn2C(C)C)c1. The van der Waals surface area contributed by atoms with E-state index in [-0.39, 0.29) is 5.78 Å². The molecule has 0 radical (unpaired) electrons. The Balaban J connectivity index is 2.45. The number of rotatable bonds is 3. The van der Waals surface area contributed by atoms with Crippen LogP contribution in [-0.2, 0) is 11.2 Å². The van der Waals surface area contributed by atoms with Crippen molar-refractivity contribution >= 4 is 16.7 Å². The summed E-state index contributed by atoms with van der Waals surface area (Å²) in [5.41, 5.74) is 2.34. The van der Waals surface area contributed by atoms with Crippen molar-refractivity contribution < 1.29 is 4.79 Å². The van der Waals surface area contributed by atoms with Gasteiger partial charge in [0.1, 0.15) is 5.78 Å². The summed E-state index contributed by atoms with van der Waals surface area (Å²) < 4.78 is 2.24. The van der Waals surface area contributed by atoms with Crippen LogP contribution in [0.4, 0.5) is 0 Å². The molecule has 0 N–H and O–H groups in total. The Hall–Kier alpha value is -1.57. The standard InChI is InChI=1S/C14H17NO/c1-10(2)15-7-6-13-9-12(8-11(3)16)4-5-14(13)15/h4-7,9-10H,8H2,1-3H3. The van der Waals surface area contributed by atoms with E-state index in [0.717, 1.165) is 5.56 Å². The molecule has 2 aromatic rings. The van der Waals surface area contributed by atoms with Crippen molar-refractivity contribution in [2.24, 2.45) is 0 Å². The van der Waals surface area contributed by atoms with Crippen molar-refractivity contribution in [3.8, 4) is 0 Å². The third kappa shape index (κ3) is 2.01. The van der Waals surface area contributed by atoms with E-state index in [1.54, 1.807) is 6.92 Å². The first-order valence-electron chi connectivity index (χ1n) is 5.67. The first kappa shape index (κ1) is 10.9. The molecule has 0 aliphatic rings. The van der Waals surface area contributed by atoms with Gasteiger partial charge in [0.05, 0.1) is 0 Å². The molecular formula is C14H17NO. The Bertz CT molecular complexity index is 523. The maximum atomic E-state index is 11.1. The maximum Gasteiger partial charge on any atom is 0.134 e. The second-order valence-electron chi connectivity index (χ2n) is 4.59. The maximum absolute atomic E-state index is 11.1. The van der Waals surface area contributed by atoms with E-state index in [9.17, 15) is 4.79 Å². The summed E-state index contributed by atoms with van der Waals surface area (Å²) >= 11 is 0. The number of fused-ring (bicyclic) bond motifs is 1. The first-order valence-corrected chi connectivity index (χ1v) is 5.67. The van der Waals surface area contributed by atoms with Crippen LogP contribution < -0.4 is 0 Å². The van der Waals surface area contributed by atoms with Gasteiger partial charge in [-0.15, -0.1) is 0 Å². The van der Waals surface area contributed by atoms with Crippen LogP contribution in [0.3, 0.4) is 0 Å². The van der Waals surface area contributed by atoms with Crippen LogP contribution in [-0.4, -0.2) is 10.4 Å². The van der Waals surface area contributed by atoms with Crippen molar-refractivity contribution in [1.29, 1.82) is 0 Å². The van der Waals surface area contributed by atoms with Gasteiger partial charge in [-0.1, -0.05) is 6.07 Å². The minimum absolute atomic E-state index is 0.211. The average molecular weight is 215 g/mol. The highest BCUT2D eigenvalue weighted by Crippen LogP contribution is 2.21. The summed E-state index contributed by atoms with van der Waals surface area (Å²) in [6, 6.07) is 8.83. The zero-order valence-corrected chi connectivity index (χ0v) is 10.0. The lowest BCUT2D eigenvalue weighted by atomic mass is 10.1. The van der Waals surface area contributed by atoms with Gasteiger partial charge in [0.2, 0.25) is 0 Å². The second kappa shape index (κ2) is 4.12. The lowest BCUT2D eigenvalue weighted by molar-refractivity contribution is -0.116. The summed E-state index contributed by atoms with van der Waals surface area (Å²) in [5.74, 6) is 0.211. The Morgan fingerprint density at radius 2 is 2.06 bits per heavy atom. The van der Waals surface area contributed by atoms with Crippen LogP contribution in [0.25, 0.3) is 10.9 Å². The van der Waals surface area contributed by atoms with E-state index < -0.39 is 0 Å². The Labute approximate surface area is 95.9 Å². The molecule has 0 atom stereocenters. The van der Waals surface area contributed by atoms with Crippen molar-refractivity contribution in [2.75, 3.05) is 0 Å². The molecule has 1 aromatic heterocycles. The molecule has 1 aromatic carbocycles. The average Bonchev–Trinajstić information content (AvgIpc) is 2.59. The molecule has 0 aliphatic heterocycles. The monoisotopic (exact) mass is 215 g/mol. The van der Waals surface area contributed by atoms with Crippen LogP contribution in [0.1, 0.15) is 32.4 Å². The molecule has 0 aliphatic carbocycles. The fraction of sp³-hybridized carbons (Fsp3) is 0.357. The van der Waals surface area contributed by atoms with Crippen LogP contribution in [0.2, 0.25) is 0 Å². The summed E-state index contributed by atoms with van der Waals surface area (Å²) in [6.45, 7) is 5.97. The molecule has 0 saturated carbocycles. The van der Waals surface area contributed by atoms with Gasteiger partial charge < -0.3 is 4.57 Å². The zero-order valence-electron chi connectivity index (χ0n) is 10.0. The number of hydrogen-bond acceptors (Lipinski definition) is 1. The Morgan fingerprint density at radius 3 is 2.69 bits per heavy atom. The number of hydrogen-bond donors (Lipinski definition) is 0. The number of ketones is 1. The molecule has 1 heterocycles. The van der Waals surface area contributed by atoms with Gasteiger partial charge in [0.25, 0.3) is 0 Å². The molecule has 0 fully saturated rings. The molecule has 0 saturated heterocycles. The topological polar surface area (TPSA) is 22.0 Å². The highest BCUT2D eigenvalue weighted by atomic mass is 16.1. The fourth-order valence-electron chi connectivity index (χ4n) is 2.06. The minimum atomic E-state index is 0.211. The molecule has 0 amide bonds. The van der Waals surface area contributed by atoms with Gasteiger partial charge in [-0.3, -0.25) is 4.79 Å². The van der Waals surface area contributed by atoms with E-state index in [1.165, 1.54) is 10.9 Å². The van der Waals surface area contributed by atoms with Crippen molar-refractivity contribution in [3.63, 3.8) is 0 Å². The number of nitrogens with zero attached hydrogens (tertiary/aromatic N) is 1. The third-order valence-electron chi connectivity index (χ3n) is 2.79.